The van der Waals surface area contributed by atoms with Gasteiger partial charge in [-0.1, -0.05) is 19.1 Å². The van der Waals surface area contributed by atoms with E-state index in [0.29, 0.717) is 18.6 Å². The average molecular weight is 348 g/mol. The van der Waals surface area contributed by atoms with Gasteiger partial charge in [0.05, 0.1) is 26.9 Å². The number of hydrogen-bond acceptors (Lipinski definition) is 5. The Kier molecular flexibility index (Phi) is 6.29. The van der Waals surface area contributed by atoms with Crippen molar-refractivity contribution < 1.29 is 19.0 Å². The molecule has 6 nitrogen and oxygen atoms in total. The average Bonchev–Trinajstić information content (AvgIpc) is 3.04. The molecule has 2 heterocycles. The molecule has 2 fully saturated rings. The Morgan fingerprint density at radius 1 is 1.28 bits per heavy atom. The Hall–Kier alpha value is -1.63. The van der Waals surface area contributed by atoms with Gasteiger partial charge in [-0.05, 0) is 23.6 Å². The lowest BCUT2D eigenvalue weighted by Crippen LogP contribution is -2.47. The minimum atomic E-state index is 0.0745. The number of carbonyl (C=O) groups excluding carboxylic acids is 1. The van der Waals surface area contributed by atoms with Gasteiger partial charge in [0.2, 0.25) is 5.91 Å². The van der Waals surface area contributed by atoms with Crippen molar-refractivity contribution in [3.05, 3.63) is 29.8 Å². The standard InChI is InChI=1S/C19H28N2O4/c1-15-11-21(12-18(15)20-6-8-24-9-7-20)19(22)14-25-13-16-4-3-5-17(10-16)23-2/h3-5,10,15,18H,6-9,11-14H2,1-2H3/t15-,18-/m1/s1. The number of hydrogen-bond donors (Lipinski definition) is 0. The van der Waals surface area contributed by atoms with Gasteiger partial charge in [-0.25, -0.2) is 0 Å². The van der Waals surface area contributed by atoms with Gasteiger partial charge < -0.3 is 19.1 Å². The summed E-state index contributed by atoms with van der Waals surface area (Å²) in [7, 11) is 1.64. The van der Waals surface area contributed by atoms with E-state index >= 15 is 0 Å². The van der Waals surface area contributed by atoms with E-state index in [0.717, 1.165) is 50.7 Å². The first-order valence-corrected chi connectivity index (χ1v) is 8.97. The highest BCUT2D eigenvalue weighted by atomic mass is 16.5. The van der Waals surface area contributed by atoms with Crippen LogP contribution in [0.1, 0.15) is 12.5 Å². The van der Waals surface area contributed by atoms with Gasteiger partial charge in [0.25, 0.3) is 0 Å². The second kappa shape index (κ2) is 8.65. The molecule has 1 aromatic rings. The summed E-state index contributed by atoms with van der Waals surface area (Å²) < 4.78 is 16.3. The van der Waals surface area contributed by atoms with E-state index in [1.165, 1.54) is 0 Å². The number of amides is 1. The smallest absolute Gasteiger partial charge is 0.248 e. The Morgan fingerprint density at radius 2 is 2.08 bits per heavy atom. The van der Waals surface area contributed by atoms with Crippen LogP contribution in [-0.2, 0) is 20.9 Å². The molecular formula is C19H28N2O4. The first-order valence-electron chi connectivity index (χ1n) is 8.97. The summed E-state index contributed by atoms with van der Waals surface area (Å²) in [6.07, 6.45) is 0. The summed E-state index contributed by atoms with van der Waals surface area (Å²) in [5, 5.41) is 0. The first-order chi connectivity index (χ1) is 12.2. The fourth-order valence-electron chi connectivity index (χ4n) is 3.65. The van der Waals surface area contributed by atoms with Gasteiger partial charge in [0, 0.05) is 32.2 Å². The molecule has 0 N–H and O–H groups in total. The highest BCUT2D eigenvalue weighted by Crippen LogP contribution is 2.23. The molecule has 2 aliphatic heterocycles. The van der Waals surface area contributed by atoms with Crippen molar-refractivity contribution in [2.75, 3.05) is 53.1 Å². The summed E-state index contributed by atoms with van der Waals surface area (Å²) in [5.41, 5.74) is 1.01. The third-order valence-electron chi connectivity index (χ3n) is 5.07. The van der Waals surface area contributed by atoms with Crippen molar-refractivity contribution in [3.8, 4) is 5.75 Å². The van der Waals surface area contributed by atoms with Gasteiger partial charge in [-0.2, -0.15) is 0 Å². The van der Waals surface area contributed by atoms with Crippen LogP contribution in [0.5, 0.6) is 5.75 Å². The molecule has 0 radical (unpaired) electrons. The number of rotatable bonds is 6. The zero-order valence-electron chi connectivity index (χ0n) is 15.1. The van der Waals surface area contributed by atoms with Crippen LogP contribution in [0.4, 0.5) is 0 Å². The van der Waals surface area contributed by atoms with Crippen LogP contribution in [0.3, 0.4) is 0 Å². The van der Waals surface area contributed by atoms with E-state index in [1.54, 1.807) is 7.11 Å². The topological polar surface area (TPSA) is 51.2 Å². The van der Waals surface area contributed by atoms with Crippen LogP contribution >= 0.6 is 0 Å². The van der Waals surface area contributed by atoms with Crippen molar-refractivity contribution in [2.24, 2.45) is 5.92 Å². The number of morpholine rings is 1. The minimum Gasteiger partial charge on any atom is -0.497 e. The van der Waals surface area contributed by atoms with Gasteiger partial charge in [0.1, 0.15) is 12.4 Å². The summed E-state index contributed by atoms with van der Waals surface area (Å²) in [4.78, 5) is 16.9. The molecule has 0 unspecified atom stereocenters. The Labute approximate surface area is 149 Å². The van der Waals surface area contributed by atoms with Gasteiger partial charge in [-0.3, -0.25) is 9.69 Å². The summed E-state index contributed by atoms with van der Waals surface area (Å²) in [6, 6.07) is 8.16. The lowest BCUT2D eigenvalue weighted by Gasteiger charge is -2.33. The van der Waals surface area contributed by atoms with E-state index in [1.807, 2.05) is 29.2 Å². The van der Waals surface area contributed by atoms with E-state index < -0.39 is 0 Å². The third-order valence-corrected chi connectivity index (χ3v) is 5.07. The zero-order valence-corrected chi connectivity index (χ0v) is 15.1. The van der Waals surface area contributed by atoms with Crippen molar-refractivity contribution >= 4 is 5.91 Å². The number of likely N-dealkylation sites (tertiary alicyclic amines) is 1. The summed E-state index contributed by atoms with van der Waals surface area (Å²) in [5.74, 6) is 1.36. The largest absolute Gasteiger partial charge is 0.497 e. The molecule has 0 aromatic heterocycles. The molecule has 0 spiro atoms. The maximum atomic E-state index is 12.5. The number of benzene rings is 1. The molecule has 0 saturated carbocycles. The summed E-state index contributed by atoms with van der Waals surface area (Å²) >= 11 is 0. The van der Waals surface area contributed by atoms with Crippen LogP contribution in [0.25, 0.3) is 0 Å². The van der Waals surface area contributed by atoms with E-state index in [2.05, 4.69) is 11.8 Å². The van der Waals surface area contributed by atoms with Crippen LogP contribution < -0.4 is 4.74 Å². The van der Waals surface area contributed by atoms with Crippen LogP contribution in [-0.4, -0.2) is 74.9 Å². The SMILES string of the molecule is COc1cccc(COCC(=O)N2C[C@@H](C)[C@H](N3CCOCC3)C2)c1. The van der Waals surface area contributed by atoms with Crippen molar-refractivity contribution in [3.63, 3.8) is 0 Å². The van der Waals surface area contributed by atoms with Gasteiger partial charge in [0.15, 0.2) is 0 Å². The predicted molar refractivity (Wildman–Crippen MR) is 94.6 cm³/mol. The van der Waals surface area contributed by atoms with Gasteiger partial charge >= 0.3 is 0 Å². The van der Waals surface area contributed by atoms with Crippen LogP contribution in [0.15, 0.2) is 24.3 Å². The third kappa shape index (κ3) is 4.71. The fraction of sp³-hybridized carbons (Fsp3) is 0.632. The van der Waals surface area contributed by atoms with Crippen molar-refractivity contribution in [1.82, 2.24) is 9.80 Å². The monoisotopic (exact) mass is 348 g/mol. The summed E-state index contributed by atoms with van der Waals surface area (Å²) in [6.45, 7) is 7.88. The Balaban J connectivity index is 1.45. The number of methoxy groups -OCH3 is 1. The molecule has 138 valence electrons. The molecule has 1 aromatic carbocycles. The van der Waals surface area contributed by atoms with Crippen LogP contribution in [0.2, 0.25) is 0 Å². The molecule has 1 amide bonds. The second-order valence-corrected chi connectivity index (χ2v) is 6.84. The second-order valence-electron chi connectivity index (χ2n) is 6.84. The normalized spacial score (nSPS) is 24.5. The maximum absolute atomic E-state index is 12.5. The molecule has 2 atom stereocenters. The molecule has 6 heteroatoms. The lowest BCUT2D eigenvalue weighted by molar-refractivity contribution is -0.135. The van der Waals surface area contributed by atoms with Gasteiger partial charge in [-0.15, -0.1) is 0 Å². The highest BCUT2D eigenvalue weighted by Gasteiger charge is 2.36. The molecule has 0 aliphatic carbocycles. The number of carbonyl (C=O) groups is 1. The zero-order chi connectivity index (χ0) is 17.6. The van der Waals surface area contributed by atoms with E-state index in [9.17, 15) is 4.79 Å². The highest BCUT2D eigenvalue weighted by molar-refractivity contribution is 5.77. The molecule has 25 heavy (non-hydrogen) atoms. The maximum Gasteiger partial charge on any atom is 0.248 e. The fourth-order valence-corrected chi connectivity index (χ4v) is 3.65. The number of ether oxygens (including phenoxy) is 3. The molecule has 2 aliphatic rings. The molecule has 3 rings (SSSR count). The quantitative estimate of drug-likeness (QED) is 0.778. The van der Waals surface area contributed by atoms with Crippen LogP contribution in [0, 0.1) is 5.92 Å². The first kappa shape index (κ1) is 18.2. The predicted octanol–water partition coefficient (Wildman–Crippen LogP) is 1.39. The molecule has 2 saturated heterocycles. The Morgan fingerprint density at radius 3 is 2.84 bits per heavy atom. The number of nitrogens with zero attached hydrogens (tertiary/aromatic N) is 2. The molecular weight excluding hydrogens is 320 g/mol. The lowest BCUT2D eigenvalue weighted by atomic mass is 10.0. The molecule has 0 bridgehead atoms. The van der Waals surface area contributed by atoms with E-state index in [-0.39, 0.29) is 12.5 Å². The van der Waals surface area contributed by atoms with E-state index in [4.69, 9.17) is 14.2 Å². The van der Waals surface area contributed by atoms with Crippen molar-refractivity contribution in [2.45, 2.75) is 19.6 Å². The van der Waals surface area contributed by atoms with Crippen molar-refractivity contribution in [1.29, 1.82) is 0 Å². The minimum absolute atomic E-state index is 0.0745. The Bertz CT molecular complexity index is 574.